The van der Waals surface area contributed by atoms with Crippen LogP contribution in [0.1, 0.15) is 25.5 Å². The summed E-state index contributed by atoms with van der Waals surface area (Å²) in [5.41, 5.74) is 2.25. The number of benzene rings is 2. The Labute approximate surface area is 197 Å². The van der Waals surface area contributed by atoms with Crippen molar-refractivity contribution >= 4 is 74.6 Å². The van der Waals surface area contributed by atoms with Gasteiger partial charge in [0.1, 0.15) is 0 Å². The summed E-state index contributed by atoms with van der Waals surface area (Å²) in [7, 11) is 0. The number of rotatable bonds is 8. The second-order valence-corrected chi connectivity index (χ2v) is 9.55. The second-order valence-electron chi connectivity index (χ2n) is 6.50. The molecule has 162 valence electrons. The third kappa shape index (κ3) is 7.10. The van der Waals surface area contributed by atoms with Crippen LogP contribution in [0, 0.1) is 0 Å². The van der Waals surface area contributed by atoms with Crippen LogP contribution in [0.5, 0.6) is 0 Å². The van der Waals surface area contributed by atoms with Crippen LogP contribution in [0.15, 0.2) is 46.8 Å². The number of halogens is 2. The first kappa shape index (κ1) is 23.3. The molecule has 0 aliphatic heterocycles. The molecule has 2 aromatic carbocycles. The molecule has 31 heavy (non-hydrogen) atoms. The van der Waals surface area contributed by atoms with E-state index in [2.05, 4.69) is 26.1 Å². The average molecular weight is 496 g/mol. The van der Waals surface area contributed by atoms with Gasteiger partial charge in [0.05, 0.1) is 11.8 Å². The van der Waals surface area contributed by atoms with E-state index in [1.165, 1.54) is 30.0 Å². The van der Waals surface area contributed by atoms with Gasteiger partial charge in [-0.25, -0.2) is 0 Å². The van der Waals surface area contributed by atoms with E-state index in [1.807, 2.05) is 19.1 Å². The molecule has 0 spiro atoms. The van der Waals surface area contributed by atoms with E-state index in [9.17, 15) is 9.59 Å². The van der Waals surface area contributed by atoms with Gasteiger partial charge in [0.25, 0.3) is 0 Å². The van der Waals surface area contributed by atoms with Crippen molar-refractivity contribution in [3.05, 3.63) is 58.1 Å². The molecule has 0 saturated heterocycles. The van der Waals surface area contributed by atoms with Crippen LogP contribution in [0.3, 0.4) is 0 Å². The van der Waals surface area contributed by atoms with Gasteiger partial charge in [-0.15, -0.1) is 10.2 Å². The Bertz CT molecular complexity index is 1090. The van der Waals surface area contributed by atoms with Gasteiger partial charge in [0.15, 0.2) is 4.34 Å². The van der Waals surface area contributed by atoms with Crippen molar-refractivity contribution in [1.82, 2.24) is 15.5 Å². The van der Waals surface area contributed by atoms with Crippen molar-refractivity contribution in [2.75, 3.05) is 16.4 Å². The number of aromatic nitrogens is 2. The van der Waals surface area contributed by atoms with E-state index in [-0.39, 0.29) is 23.6 Å². The van der Waals surface area contributed by atoms with Crippen LogP contribution < -0.4 is 16.0 Å². The van der Waals surface area contributed by atoms with Gasteiger partial charge in [-0.2, -0.15) is 0 Å². The smallest absolute Gasteiger partial charge is 0.230 e. The first-order chi connectivity index (χ1) is 14.8. The summed E-state index contributed by atoms with van der Waals surface area (Å²) >= 11 is 14.7. The van der Waals surface area contributed by atoms with E-state index in [0.29, 0.717) is 25.2 Å². The minimum absolute atomic E-state index is 0.141. The molecular formula is C20H19Cl2N5O2S2. The van der Waals surface area contributed by atoms with E-state index >= 15 is 0 Å². The SMILES string of the molecule is CC(=O)Nc1cccc(Nc2nnc(SCC(=O)NC(C)c3ccc(Cl)cc3Cl)s2)c1. The van der Waals surface area contributed by atoms with Crippen LogP contribution in [-0.2, 0) is 9.59 Å². The van der Waals surface area contributed by atoms with E-state index in [1.54, 1.807) is 30.3 Å². The maximum absolute atomic E-state index is 12.3. The monoisotopic (exact) mass is 495 g/mol. The van der Waals surface area contributed by atoms with Gasteiger partial charge in [0.2, 0.25) is 16.9 Å². The number of nitrogens with zero attached hydrogens (tertiary/aromatic N) is 2. The van der Waals surface area contributed by atoms with Crippen molar-refractivity contribution in [3.63, 3.8) is 0 Å². The van der Waals surface area contributed by atoms with Crippen molar-refractivity contribution in [3.8, 4) is 0 Å². The van der Waals surface area contributed by atoms with Crippen LogP contribution in [0.25, 0.3) is 0 Å². The van der Waals surface area contributed by atoms with Gasteiger partial charge in [0, 0.05) is 28.3 Å². The Hall–Kier alpha value is -2.33. The van der Waals surface area contributed by atoms with E-state index < -0.39 is 0 Å². The van der Waals surface area contributed by atoms with Crippen LogP contribution in [0.4, 0.5) is 16.5 Å². The molecular weight excluding hydrogens is 477 g/mol. The fraction of sp³-hybridized carbons (Fsp3) is 0.200. The molecule has 0 aliphatic rings. The van der Waals surface area contributed by atoms with Gasteiger partial charge in [-0.1, -0.05) is 58.4 Å². The number of amides is 2. The highest BCUT2D eigenvalue weighted by Gasteiger charge is 2.14. The fourth-order valence-corrected chi connectivity index (χ4v) is 4.82. The van der Waals surface area contributed by atoms with Crippen molar-refractivity contribution in [2.45, 2.75) is 24.2 Å². The molecule has 1 heterocycles. The Morgan fingerprint density at radius 3 is 2.65 bits per heavy atom. The zero-order valence-electron chi connectivity index (χ0n) is 16.6. The summed E-state index contributed by atoms with van der Waals surface area (Å²) in [5.74, 6) is -0.0868. The average Bonchev–Trinajstić information content (AvgIpc) is 3.13. The molecule has 0 radical (unpaired) electrons. The standard InChI is InChI=1S/C20H19Cl2N5O2S2/c1-11(16-7-6-13(21)8-17(16)22)23-18(29)10-30-20-27-26-19(31-20)25-15-5-3-4-14(9-15)24-12(2)28/h3-9,11H,10H2,1-2H3,(H,23,29)(H,24,28)(H,25,26). The Kier molecular flexibility index (Phi) is 8.14. The normalized spacial score (nSPS) is 11.6. The van der Waals surface area contributed by atoms with Gasteiger partial charge < -0.3 is 16.0 Å². The predicted molar refractivity (Wildman–Crippen MR) is 128 cm³/mol. The third-order valence-electron chi connectivity index (χ3n) is 3.97. The zero-order chi connectivity index (χ0) is 22.4. The third-order valence-corrected chi connectivity index (χ3v) is 6.51. The highest BCUT2D eigenvalue weighted by Crippen LogP contribution is 2.29. The van der Waals surface area contributed by atoms with Crippen molar-refractivity contribution in [2.24, 2.45) is 0 Å². The Morgan fingerprint density at radius 1 is 1.13 bits per heavy atom. The molecule has 3 N–H and O–H groups in total. The first-order valence-electron chi connectivity index (χ1n) is 9.15. The molecule has 3 rings (SSSR count). The number of carbonyl (C=O) groups is 2. The lowest BCUT2D eigenvalue weighted by molar-refractivity contribution is -0.119. The number of carbonyl (C=O) groups excluding carboxylic acids is 2. The molecule has 1 atom stereocenters. The van der Waals surface area contributed by atoms with Crippen LogP contribution in [0.2, 0.25) is 10.0 Å². The molecule has 1 aromatic heterocycles. The molecule has 3 aromatic rings. The highest BCUT2D eigenvalue weighted by atomic mass is 35.5. The molecule has 0 fully saturated rings. The number of anilines is 3. The number of nitrogens with one attached hydrogen (secondary N) is 3. The molecule has 11 heteroatoms. The molecule has 0 bridgehead atoms. The zero-order valence-corrected chi connectivity index (χ0v) is 19.8. The summed E-state index contributed by atoms with van der Waals surface area (Å²) < 4.78 is 0.660. The lowest BCUT2D eigenvalue weighted by atomic mass is 10.1. The van der Waals surface area contributed by atoms with Crippen LogP contribution in [-0.4, -0.2) is 27.8 Å². The summed E-state index contributed by atoms with van der Waals surface area (Å²) in [4.78, 5) is 23.5. The van der Waals surface area contributed by atoms with Gasteiger partial charge >= 0.3 is 0 Å². The second kappa shape index (κ2) is 10.8. The quantitative estimate of drug-likeness (QED) is 0.356. The molecule has 1 unspecified atom stereocenters. The number of hydrogen-bond acceptors (Lipinski definition) is 7. The van der Waals surface area contributed by atoms with Crippen molar-refractivity contribution in [1.29, 1.82) is 0 Å². The maximum atomic E-state index is 12.3. The molecule has 0 saturated carbocycles. The van der Waals surface area contributed by atoms with Crippen molar-refractivity contribution < 1.29 is 9.59 Å². The summed E-state index contributed by atoms with van der Waals surface area (Å²) in [6.45, 7) is 3.31. The van der Waals surface area contributed by atoms with E-state index in [4.69, 9.17) is 23.2 Å². The predicted octanol–water partition coefficient (Wildman–Crippen LogP) is 5.52. The first-order valence-corrected chi connectivity index (χ1v) is 11.7. The molecule has 7 nitrogen and oxygen atoms in total. The topological polar surface area (TPSA) is 96.0 Å². The Balaban J connectivity index is 1.52. The molecule has 0 aliphatic carbocycles. The minimum Gasteiger partial charge on any atom is -0.349 e. The Morgan fingerprint density at radius 2 is 1.90 bits per heavy atom. The summed E-state index contributed by atoms with van der Waals surface area (Å²) in [6.07, 6.45) is 0. The lowest BCUT2D eigenvalue weighted by Gasteiger charge is -2.15. The molecule has 2 amide bonds. The minimum atomic E-state index is -0.250. The fourth-order valence-electron chi connectivity index (χ4n) is 2.66. The van der Waals surface area contributed by atoms with Gasteiger partial charge in [-0.3, -0.25) is 9.59 Å². The van der Waals surface area contributed by atoms with Gasteiger partial charge in [-0.05, 0) is 42.8 Å². The summed E-state index contributed by atoms with van der Waals surface area (Å²) in [6, 6.07) is 12.2. The largest absolute Gasteiger partial charge is 0.349 e. The summed E-state index contributed by atoms with van der Waals surface area (Å²) in [5, 5.41) is 18.6. The highest BCUT2D eigenvalue weighted by molar-refractivity contribution is 8.01. The van der Waals surface area contributed by atoms with Crippen LogP contribution >= 0.6 is 46.3 Å². The number of thioether (sulfide) groups is 1. The maximum Gasteiger partial charge on any atom is 0.230 e. The number of hydrogen-bond donors (Lipinski definition) is 3. The lowest BCUT2D eigenvalue weighted by Crippen LogP contribution is -2.28. The van der Waals surface area contributed by atoms with E-state index in [0.717, 1.165) is 11.3 Å².